The van der Waals surface area contributed by atoms with E-state index in [1.807, 2.05) is 29.6 Å². The molecule has 0 aliphatic carbocycles. The summed E-state index contributed by atoms with van der Waals surface area (Å²) in [6.07, 6.45) is 4.36. The van der Waals surface area contributed by atoms with E-state index in [9.17, 15) is 0 Å². The lowest BCUT2D eigenvalue weighted by Gasteiger charge is -2.34. The number of nitrogens with zero attached hydrogens (tertiary/aromatic N) is 4. The van der Waals surface area contributed by atoms with E-state index in [-0.39, 0.29) is 13.4 Å². The van der Waals surface area contributed by atoms with Crippen molar-refractivity contribution < 1.29 is 0 Å². The van der Waals surface area contributed by atoms with Crippen molar-refractivity contribution in [3.63, 3.8) is 0 Å². The molecule has 0 fully saturated rings. The van der Waals surface area contributed by atoms with Crippen LogP contribution in [-0.2, 0) is 0 Å². The van der Waals surface area contributed by atoms with Gasteiger partial charge in [-0.1, -0.05) is 174 Å². The number of aromatic nitrogens is 2. The van der Waals surface area contributed by atoms with Gasteiger partial charge in [-0.3, -0.25) is 0 Å². The Kier molecular flexibility index (Phi) is 9.43. The monoisotopic (exact) mass is 990 g/mol. The van der Waals surface area contributed by atoms with E-state index in [1.54, 1.807) is 0 Å². The number of anilines is 5. The summed E-state index contributed by atoms with van der Waals surface area (Å²) in [4.78, 5) is 9.85. The van der Waals surface area contributed by atoms with E-state index in [2.05, 4.69) is 263 Å². The molecule has 75 heavy (non-hydrogen) atoms. The van der Waals surface area contributed by atoms with Crippen molar-refractivity contribution in [1.29, 1.82) is 0 Å². The highest BCUT2D eigenvalue weighted by Gasteiger charge is 2.42. The number of fused-ring (bicyclic) bond motifs is 13. The SMILES string of the molecule is C=C/C(=C\C1=C(C)B2c3c(cccc3-n3c4c2cccc4c2ccc4c(c5cccc6c5n4-c4cccc5c4B6c4ccc(N(c6ccccc6)c6ccccc6)cc4S5)c23)S1)N(c1ccccc1)c1ccccc1. The van der Waals surface area contributed by atoms with Gasteiger partial charge >= 0.3 is 0 Å². The van der Waals surface area contributed by atoms with Crippen molar-refractivity contribution in [1.82, 2.24) is 9.13 Å². The summed E-state index contributed by atoms with van der Waals surface area (Å²) in [7, 11) is 0. The van der Waals surface area contributed by atoms with Crippen LogP contribution >= 0.6 is 23.5 Å². The maximum atomic E-state index is 4.40. The van der Waals surface area contributed by atoms with Gasteiger partial charge in [0.2, 0.25) is 13.4 Å². The van der Waals surface area contributed by atoms with Gasteiger partial charge in [0, 0.05) is 97.7 Å². The lowest BCUT2D eigenvalue weighted by atomic mass is 9.35. The van der Waals surface area contributed by atoms with E-state index in [4.69, 9.17) is 0 Å². The Balaban J connectivity index is 0.895. The summed E-state index contributed by atoms with van der Waals surface area (Å²) in [5.41, 5.74) is 22.5. The fourth-order valence-electron chi connectivity index (χ4n) is 13.2. The molecule has 0 radical (unpaired) electrons. The van der Waals surface area contributed by atoms with Gasteiger partial charge in [0.15, 0.2) is 0 Å². The molecule has 4 aliphatic heterocycles. The van der Waals surface area contributed by atoms with Crippen molar-refractivity contribution in [2.45, 2.75) is 21.6 Å². The largest absolute Gasteiger partial charge is 0.310 e. The van der Waals surface area contributed by atoms with Crippen molar-refractivity contribution in [3.05, 3.63) is 259 Å². The first-order chi connectivity index (χ1) is 37.1. The number of hydrogen-bond donors (Lipinski definition) is 0. The topological polar surface area (TPSA) is 16.3 Å². The molecular formula is C67H44B2N4S2. The average molecular weight is 991 g/mol. The van der Waals surface area contributed by atoms with Gasteiger partial charge in [-0.2, -0.15) is 0 Å². The van der Waals surface area contributed by atoms with Gasteiger partial charge in [-0.15, -0.1) is 0 Å². The first-order valence-electron chi connectivity index (χ1n) is 25.8. The van der Waals surface area contributed by atoms with Crippen LogP contribution in [0.5, 0.6) is 0 Å². The van der Waals surface area contributed by atoms with E-state index in [0.717, 1.165) is 34.1 Å². The van der Waals surface area contributed by atoms with Crippen LogP contribution in [0.2, 0.25) is 0 Å². The predicted octanol–water partition coefficient (Wildman–Crippen LogP) is 14.4. The third-order valence-electron chi connectivity index (χ3n) is 16.2. The maximum absolute atomic E-state index is 4.40. The van der Waals surface area contributed by atoms with Gasteiger partial charge in [-0.25, -0.2) is 0 Å². The lowest BCUT2D eigenvalue weighted by Crippen LogP contribution is -2.58. The molecule has 0 saturated carbocycles. The summed E-state index contributed by atoms with van der Waals surface area (Å²) in [6.45, 7) is 6.92. The third-order valence-corrected chi connectivity index (χ3v) is 18.5. The van der Waals surface area contributed by atoms with Crippen LogP contribution in [-0.4, -0.2) is 22.6 Å². The number of hydrogen-bond acceptors (Lipinski definition) is 4. The van der Waals surface area contributed by atoms with Gasteiger partial charge in [0.1, 0.15) is 0 Å². The van der Waals surface area contributed by atoms with Crippen LogP contribution in [0, 0.1) is 0 Å². The highest BCUT2D eigenvalue weighted by atomic mass is 32.2. The number of thioether (sulfide) groups is 1. The summed E-state index contributed by atoms with van der Waals surface area (Å²) >= 11 is 3.79. The number of allylic oxidation sites excluding steroid dienone is 3. The Bertz CT molecular complexity index is 4390. The summed E-state index contributed by atoms with van der Waals surface area (Å²) < 4.78 is 5.25. The summed E-state index contributed by atoms with van der Waals surface area (Å²) in [6, 6.07) is 82.8. The van der Waals surface area contributed by atoms with Crippen LogP contribution < -0.4 is 37.1 Å². The molecule has 4 nitrogen and oxygen atoms in total. The van der Waals surface area contributed by atoms with Gasteiger partial charge in [0.05, 0.1) is 11.0 Å². The summed E-state index contributed by atoms with van der Waals surface area (Å²) in [5.74, 6) is 0. The molecule has 0 saturated heterocycles. The van der Waals surface area contributed by atoms with Crippen LogP contribution in [0.15, 0.2) is 274 Å². The second-order valence-electron chi connectivity index (χ2n) is 20.0. The molecule has 0 N–H and O–H groups in total. The fraction of sp³-hybridized carbons (Fsp3) is 0.0149. The van der Waals surface area contributed by atoms with Gasteiger partial charge in [-0.05, 0) is 132 Å². The number of benzene rings is 10. The lowest BCUT2D eigenvalue weighted by molar-refractivity contribution is 1.17. The minimum absolute atomic E-state index is 0.0842. The Morgan fingerprint density at radius 1 is 0.453 bits per heavy atom. The molecule has 4 aliphatic rings. The van der Waals surface area contributed by atoms with Crippen LogP contribution in [0.4, 0.5) is 28.4 Å². The Hall–Kier alpha value is -8.55. The zero-order valence-corrected chi connectivity index (χ0v) is 42.6. The first kappa shape index (κ1) is 42.9. The zero-order valence-electron chi connectivity index (χ0n) is 41.0. The average Bonchev–Trinajstić information content (AvgIpc) is 4.02. The van der Waals surface area contributed by atoms with Crippen molar-refractivity contribution in [2.75, 3.05) is 9.80 Å². The molecule has 350 valence electrons. The van der Waals surface area contributed by atoms with Crippen molar-refractivity contribution >= 4 is 136 Å². The van der Waals surface area contributed by atoms with Crippen LogP contribution in [0.1, 0.15) is 6.92 Å². The van der Waals surface area contributed by atoms with Crippen molar-refractivity contribution in [2.24, 2.45) is 0 Å². The van der Waals surface area contributed by atoms with Crippen LogP contribution in [0.3, 0.4) is 0 Å². The molecule has 8 heteroatoms. The van der Waals surface area contributed by atoms with E-state index in [1.165, 1.54) is 107 Å². The van der Waals surface area contributed by atoms with E-state index >= 15 is 0 Å². The minimum Gasteiger partial charge on any atom is -0.310 e. The summed E-state index contributed by atoms with van der Waals surface area (Å²) in [5, 5.41) is 5.18. The first-order valence-corrected chi connectivity index (χ1v) is 27.4. The van der Waals surface area contributed by atoms with Crippen molar-refractivity contribution in [3.8, 4) is 11.4 Å². The molecular weight excluding hydrogens is 947 g/mol. The maximum Gasteiger partial charge on any atom is 0.249 e. The van der Waals surface area contributed by atoms with Crippen LogP contribution in [0.25, 0.3) is 55.0 Å². The molecule has 0 spiro atoms. The molecule has 0 atom stereocenters. The Labute approximate surface area is 444 Å². The highest BCUT2D eigenvalue weighted by molar-refractivity contribution is 8.03. The number of para-hydroxylation sites is 6. The molecule has 0 amide bonds. The molecule has 2 aromatic heterocycles. The molecule has 0 bridgehead atoms. The molecule has 16 rings (SSSR count). The Morgan fingerprint density at radius 3 is 1.65 bits per heavy atom. The quantitative estimate of drug-likeness (QED) is 0.111. The smallest absolute Gasteiger partial charge is 0.249 e. The third kappa shape index (κ3) is 6.12. The molecule has 12 aromatic rings. The second-order valence-corrected chi connectivity index (χ2v) is 22.2. The van der Waals surface area contributed by atoms with Gasteiger partial charge in [0.25, 0.3) is 0 Å². The second kappa shape index (κ2) is 16.5. The van der Waals surface area contributed by atoms with E-state index < -0.39 is 0 Å². The predicted molar refractivity (Wildman–Crippen MR) is 322 cm³/mol. The molecule has 6 heterocycles. The zero-order chi connectivity index (χ0) is 49.5. The Morgan fingerprint density at radius 2 is 1.00 bits per heavy atom. The minimum atomic E-state index is 0.0842. The standard InChI is InChI=1S/C67H44B2N4S2/c1-3-43(70(44-20-8-4-9-21-44)45-22-10-5-11-23-45)40-60-42(2)68-53-30-16-28-49-50-37-39-55-62(67(50)73(65(49)53)57-33-19-34-58(74-60)63(57)68)51-29-17-31-54-66(51)72(55)56-32-18-35-59-64(56)69(54)52-38-36-48(41-61(52)75-59)71(46-24-12-6-13-25-46)47-26-14-7-15-27-47/h3-41H,1H2,2H3/b43-40+. The van der Waals surface area contributed by atoms with Gasteiger partial charge < -0.3 is 18.9 Å². The normalized spacial score (nSPS) is 13.9. The fourth-order valence-corrected chi connectivity index (χ4v) is 15.5. The number of rotatable bonds is 8. The highest BCUT2D eigenvalue weighted by Crippen LogP contribution is 2.47. The molecule has 10 aromatic carbocycles. The molecule has 0 unspecified atom stereocenters. The van der Waals surface area contributed by atoms with E-state index in [0.29, 0.717) is 0 Å².